The van der Waals surface area contributed by atoms with Crippen molar-refractivity contribution >= 4 is 46.6 Å². The lowest BCUT2D eigenvalue weighted by Gasteiger charge is -2.32. The largest absolute Gasteiger partial charge is 0.379 e. The van der Waals surface area contributed by atoms with Gasteiger partial charge in [0.15, 0.2) is 0 Å². The molecule has 0 bridgehead atoms. The van der Waals surface area contributed by atoms with Crippen LogP contribution in [0.25, 0.3) is 33.4 Å². The maximum atomic E-state index is 15.4. The van der Waals surface area contributed by atoms with E-state index in [0.29, 0.717) is 85.7 Å². The van der Waals surface area contributed by atoms with E-state index in [1.165, 1.54) is 24.3 Å². The standard InChI is InChI=1S/C45H44F2N10O7/c46-34-19-27(20-35(47)33(34)25-54-14-16-64-17-15-54)30-2-1-3-36-41(30)52-37(23-49-36)28-22-51-56(24-28)29-9-12-55(13-10-29)40(59)8-11-48-45(63)50-21-26-4-5-31-32(18-26)44(62)57(43(31)61)38-6-7-39(58)53-42(38)60/h1-5,18-20,22-24,29,38H,6-17,21,25H2,(H2,48,50,63)(H,53,58,60). The van der Waals surface area contributed by atoms with Gasteiger partial charge in [-0.25, -0.2) is 18.6 Å². The van der Waals surface area contributed by atoms with Crippen molar-refractivity contribution in [3.8, 4) is 22.4 Å². The Balaban J connectivity index is 0.749. The predicted octanol–water partition coefficient (Wildman–Crippen LogP) is 3.72. The molecule has 4 aliphatic heterocycles. The second kappa shape index (κ2) is 18.0. The fraction of sp³-hybridized carbons (Fsp3) is 0.356. The van der Waals surface area contributed by atoms with Crippen molar-refractivity contribution < 1.29 is 42.3 Å². The van der Waals surface area contributed by atoms with Gasteiger partial charge in [0.1, 0.15) is 17.7 Å². The molecule has 0 aliphatic carbocycles. The Bertz CT molecular complexity index is 2670. The predicted molar refractivity (Wildman–Crippen MR) is 225 cm³/mol. The van der Waals surface area contributed by atoms with Gasteiger partial charge in [-0.05, 0) is 60.7 Å². The number of benzene rings is 3. The number of fused-ring (bicyclic) bond motifs is 2. The van der Waals surface area contributed by atoms with E-state index in [4.69, 9.17) is 9.72 Å². The van der Waals surface area contributed by atoms with Crippen LogP contribution in [0.1, 0.15) is 70.0 Å². The van der Waals surface area contributed by atoms with Crippen molar-refractivity contribution in [2.75, 3.05) is 45.9 Å². The molecule has 7 amide bonds. The zero-order valence-electron chi connectivity index (χ0n) is 34.6. The second-order valence-electron chi connectivity index (χ2n) is 16.2. The highest BCUT2D eigenvalue weighted by atomic mass is 19.1. The first kappa shape index (κ1) is 42.3. The first-order valence-electron chi connectivity index (χ1n) is 21.2. The number of rotatable bonds is 11. The van der Waals surface area contributed by atoms with E-state index in [1.807, 2.05) is 15.8 Å². The summed E-state index contributed by atoms with van der Waals surface area (Å²) in [6, 6.07) is 11.1. The molecule has 330 valence electrons. The Morgan fingerprint density at radius 2 is 1.61 bits per heavy atom. The number of likely N-dealkylation sites (tertiary alicyclic amines) is 1. The van der Waals surface area contributed by atoms with Gasteiger partial charge in [0, 0.05) is 81.5 Å². The molecule has 0 radical (unpaired) electrons. The lowest BCUT2D eigenvalue weighted by molar-refractivity contribution is -0.136. The van der Waals surface area contributed by atoms with Gasteiger partial charge < -0.3 is 20.3 Å². The number of morpholine rings is 1. The zero-order valence-corrected chi connectivity index (χ0v) is 34.6. The molecule has 3 N–H and O–H groups in total. The number of halogens is 2. The molecule has 3 aromatic carbocycles. The highest BCUT2D eigenvalue weighted by Gasteiger charge is 2.44. The molecular formula is C45H44F2N10O7. The summed E-state index contributed by atoms with van der Waals surface area (Å²) in [6.07, 6.45) is 6.72. The lowest BCUT2D eigenvalue weighted by Crippen LogP contribution is -2.54. The molecule has 19 heteroatoms. The van der Waals surface area contributed by atoms with Gasteiger partial charge in [0.05, 0.1) is 59.5 Å². The number of carbonyl (C=O) groups excluding carboxylic acids is 6. The summed E-state index contributed by atoms with van der Waals surface area (Å²) in [6.45, 7) is 3.59. The van der Waals surface area contributed by atoms with Crippen molar-refractivity contribution in [1.82, 2.24) is 50.4 Å². The molecular weight excluding hydrogens is 831 g/mol. The van der Waals surface area contributed by atoms with Gasteiger partial charge in [-0.1, -0.05) is 18.2 Å². The third kappa shape index (κ3) is 8.67. The zero-order chi connectivity index (χ0) is 44.5. The molecule has 64 heavy (non-hydrogen) atoms. The van der Waals surface area contributed by atoms with Crippen LogP contribution < -0.4 is 16.0 Å². The van der Waals surface area contributed by atoms with Crippen molar-refractivity contribution in [3.63, 3.8) is 0 Å². The summed E-state index contributed by atoms with van der Waals surface area (Å²) in [4.78, 5) is 89.7. The Morgan fingerprint density at radius 1 is 0.844 bits per heavy atom. The molecule has 0 spiro atoms. The number of nitrogens with zero attached hydrogens (tertiary/aromatic N) is 7. The van der Waals surface area contributed by atoms with Gasteiger partial charge in [-0.2, -0.15) is 5.10 Å². The first-order chi connectivity index (χ1) is 31.0. The van der Waals surface area contributed by atoms with E-state index in [9.17, 15) is 28.8 Å². The molecule has 17 nitrogen and oxygen atoms in total. The summed E-state index contributed by atoms with van der Waals surface area (Å²) >= 11 is 0. The molecule has 3 saturated heterocycles. The topological polar surface area (TPSA) is 201 Å². The van der Waals surface area contributed by atoms with Crippen LogP contribution in [0.4, 0.5) is 13.6 Å². The van der Waals surface area contributed by atoms with Crippen molar-refractivity contribution in [1.29, 1.82) is 0 Å². The minimum absolute atomic E-state index is 0.0190. The fourth-order valence-electron chi connectivity index (χ4n) is 8.66. The van der Waals surface area contributed by atoms with E-state index >= 15 is 8.78 Å². The van der Waals surface area contributed by atoms with Crippen LogP contribution in [0.2, 0.25) is 0 Å². The molecule has 4 aliphatic rings. The van der Waals surface area contributed by atoms with Crippen LogP contribution in [0.5, 0.6) is 0 Å². The number of amides is 7. The molecule has 6 heterocycles. The Labute approximate surface area is 365 Å². The van der Waals surface area contributed by atoms with E-state index in [1.54, 1.807) is 41.6 Å². The average Bonchev–Trinajstić information content (AvgIpc) is 3.89. The van der Waals surface area contributed by atoms with E-state index in [2.05, 4.69) is 26.0 Å². The number of aromatic nitrogens is 4. The monoisotopic (exact) mass is 874 g/mol. The van der Waals surface area contributed by atoms with Gasteiger partial charge in [-0.15, -0.1) is 0 Å². The number of hydrogen-bond acceptors (Lipinski definition) is 11. The molecule has 1 unspecified atom stereocenters. The van der Waals surface area contributed by atoms with Gasteiger partial charge in [0.2, 0.25) is 17.7 Å². The maximum Gasteiger partial charge on any atom is 0.315 e. The Kier molecular flexibility index (Phi) is 11.9. The van der Waals surface area contributed by atoms with Gasteiger partial charge >= 0.3 is 6.03 Å². The SMILES string of the molecule is O=C1CCC(N2C(=O)c3ccc(CNC(=O)NCCC(=O)N4CCC(n5cc(-c6cnc7cccc(-c8cc(F)c(CN9CCOCC9)c(F)c8)c7n6)cn5)CC4)cc3C2=O)C(=O)N1. The minimum Gasteiger partial charge on any atom is -0.379 e. The third-order valence-electron chi connectivity index (χ3n) is 12.2. The number of urea groups is 1. The van der Waals surface area contributed by atoms with E-state index in [0.717, 1.165) is 10.5 Å². The number of carbonyl (C=O) groups is 6. The summed E-state index contributed by atoms with van der Waals surface area (Å²) in [5.74, 6) is -3.74. The number of imide groups is 2. The van der Waals surface area contributed by atoms with Crippen molar-refractivity contribution in [2.45, 2.75) is 57.3 Å². The lowest BCUT2D eigenvalue weighted by atomic mass is 10.0. The summed E-state index contributed by atoms with van der Waals surface area (Å²) in [7, 11) is 0. The highest BCUT2D eigenvalue weighted by molar-refractivity contribution is 6.23. The molecule has 2 aromatic heterocycles. The molecule has 5 aromatic rings. The highest BCUT2D eigenvalue weighted by Crippen LogP contribution is 2.33. The Hall–Kier alpha value is -6.99. The fourth-order valence-corrected chi connectivity index (χ4v) is 8.66. The van der Waals surface area contributed by atoms with Gasteiger partial charge in [0.25, 0.3) is 11.8 Å². The molecule has 9 rings (SSSR count). The number of piperidine rings is 2. The average molecular weight is 875 g/mol. The second-order valence-corrected chi connectivity index (χ2v) is 16.2. The van der Waals surface area contributed by atoms with Crippen LogP contribution in [0.15, 0.2) is 67.1 Å². The van der Waals surface area contributed by atoms with E-state index < -0.39 is 47.3 Å². The summed E-state index contributed by atoms with van der Waals surface area (Å²) < 4.78 is 38.0. The van der Waals surface area contributed by atoms with Crippen LogP contribution >= 0.6 is 0 Å². The van der Waals surface area contributed by atoms with Crippen LogP contribution in [-0.4, -0.2) is 122 Å². The summed E-state index contributed by atoms with van der Waals surface area (Å²) in [5, 5.41) is 12.2. The number of nitrogens with one attached hydrogen (secondary N) is 3. The maximum absolute atomic E-state index is 15.4. The van der Waals surface area contributed by atoms with Crippen LogP contribution in [0, 0.1) is 11.6 Å². The minimum atomic E-state index is -1.07. The normalized spacial score (nSPS) is 18.4. The Morgan fingerprint density at radius 3 is 2.38 bits per heavy atom. The molecule has 1 atom stereocenters. The van der Waals surface area contributed by atoms with Crippen molar-refractivity contribution in [3.05, 3.63) is 101 Å². The van der Waals surface area contributed by atoms with Gasteiger partial charge in [-0.3, -0.25) is 48.8 Å². The third-order valence-corrected chi connectivity index (χ3v) is 12.2. The smallest absolute Gasteiger partial charge is 0.315 e. The van der Waals surface area contributed by atoms with E-state index in [-0.39, 0.29) is 67.5 Å². The number of para-hydroxylation sites is 1. The van der Waals surface area contributed by atoms with Crippen LogP contribution in [0.3, 0.4) is 0 Å². The molecule has 0 saturated carbocycles. The molecule has 3 fully saturated rings. The van der Waals surface area contributed by atoms with Crippen molar-refractivity contribution in [2.24, 2.45) is 0 Å². The number of hydrogen-bond donors (Lipinski definition) is 3. The number of ether oxygens (including phenoxy) is 1. The van der Waals surface area contributed by atoms with Crippen LogP contribution in [-0.2, 0) is 32.2 Å². The quantitative estimate of drug-likeness (QED) is 0.163. The summed E-state index contributed by atoms with van der Waals surface area (Å²) in [5.41, 5.74) is 4.11. The first-order valence-corrected chi connectivity index (χ1v) is 21.2.